The molecule has 0 spiro atoms. The lowest BCUT2D eigenvalue weighted by atomic mass is 10.0. The maximum Gasteiger partial charge on any atom is 0.252 e. The number of aromatic nitrogens is 2. The molecule has 0 atom stereocenters. The minimum Gasteiger partial charge on any atom is -0.493 e. The maximum absolute atomic E-state index is 13.1. The summed E-state index contributed by atoms with van der Waals surface area (Å²) in [5, 5.41) is 7.57. The number of carbonyl (C=O) groups is 1. The van der Waals surface area contributed by atoms with Crippen molar-refractivity contribution in [1.29, 1.82) is 0 Å². The van der Waals surface area contributed by atoms with Crippen LogP contribution in [0.5, 0.6) is 17.2 Å². The zero-order valence-electron chi connectivity index (χ0n) is 18.3. The van der Waals surface area contributed by atoms with Crippen LogP contribution in [0.3, 0.4) is 0 Å². The summed E-state index contributed by atoms with van der Waals surface area (Å²) in [7, 11) is 4.66. The second-order valence-corrected chi connectivity index (χ2v) is 7.10. The summed E-state index contributed by atoms with van der Waals surface area (Å²) in [4.78, 5) is 17.9. The molecule has 2 aromatic carbocycles. The fourth-order valence-corrected chi connectivity index (χ4v) is 3.51. The first-order valence-electron chi connectivity index (χ1n) is 9.94. The van der Waals surface area contributed by atoms with Gasteiger partial charge in [-0.25, -0.2) is 4.98 Å². The van der Waals surface area contributed by atoms with E-state index >= 15 is 0 Å². The molecule has 0 aliphatic carbocycles. The summed E-state index contributed by atoms with van der Waals surface area (Å²) in [6.45, 7) is 2.06. The number of amides is 1. The van der Waals surface area contributed by atoms with E-state index < -0.39 is 0 Å². The SMILES string of the molecule is COc1cc(-c2cc(C(=O)NCc3cc(C)on3)c3ccccc3n2)cc(OC)c1OC. The molecule has 0 saturated heterocycles. The molecule has 0 aliphatic rings. The molecule has 0 aliphatic heterocycles. The smallest absolute Gasteiger partial charge is 0.252 e. The number of nitrogens with zero attached hydrogens (tertiary/aromatic N) is 2. The van der Waals surface area contributed by atoms with Crippen molar-refractivity contribution >= 4 is 16.8 Å². The van der Waals surface area contributed by atoms with Crippen molar-refractivity contribution in [2.24, 2.45) is 0 Å². The van der Waals surface area contributed by atoms with Crippen molar-refractivity contribution in [2.75, 3.05) is 21.3 Å². The Labute approximate surface area is 185 Å². The molecule has 1 amide bonds. The number of hydrogen-bond donors (Lipinski definition) is 1. The van der Waals surface area contributed by atoms with E-state index in [0.717, 1.165) is 10.9 Å². The van der Waals surface area contributed by atoms with Gasteiger partial charge in [-0.15, -0.1) is 0 Å². The molecular formula is C24H23N3O5. The number of para-hydroxylation sites is 1. The van der Waals surface area contributed by atoms with Gasteiger partial charge in [-0.05, 0) is 31.2 Å². The first-order chi connectivity index (χ1) is 15.5. The minimum absolute atomic E-state index is 0.238. The quantitative estimate of drug-likeness (QED) is 0.468. The molecule has 8 heteroatoms. The Morgan fingerprint density at radius 1 is 1.00 bits per heavy atom. The number of hydrogen-bond acceptors (Lipinski definition) is 7. The fourth-order valence-electron chi connectivity index (χ4n) is 3.51. The fraction of sp³-hybridized carbons (Fsp3) is 0.208. The number of aryl methyl sites for hydroxylation is 1. The van der Waals surface area contributed by atoms with Gasteiger partial charge < -0.3 is 24.1 Å². The van der Waals surface area contributed by atoms with E-state index in [1.807, 2.05) is 24.3 Å². The molecule has 1 N–H and O–H groups in total. The normalized spacial score (nSPS) is 10.8. The predicted octanol–water partition coefficient (Wildman–Crippen LogP) is 4.15. The van der Waals surface area contributed by atoms with Crippen molar-refractivity contribution < 1.29 is 23.5 Å². The van der Waals surface area contributed by atoms with Crippen LogP contribution in [0, 0.1) is 6.92 Å². The Kier molecular flexibility index (Phi) is 5.93. The van der Waals surface area contributed by atoms with Gasteiger partial charge in [0.15, 0.2) is 11.5 Å². The van der Waals surface area contributed by atoms with Crippen LogP contribution in [0.4, 0.5) is 0 Å². The average molecular weight is 433 g/mol. The van der Waals surface area contributed by atoms with Crippen LogP contribution >= 0.6 is 0 Å². The maximum atomic E-state index is 13.1. The molecule has 4 aromatic rings. The van der Waals surface area contributed by atoms with Crippen LogP contribution in [-0.4, -0.2) is 37.4 Å². The summed E-state index contributed by atoms with van der Waals surface area (Å²) in [6, 6.07) is 14.6. The van der Waals surface area contributed by atoms with Gasteiger partial charge in [0.1, 0.15) is 11.5 Å². The Balaban J connectivity index is 1.78. The lowest BCUT2D eigenvalue weighted by Crippen LogP contribution is -2.23. The number of nitrogens with one attached hydrogen (secondary N) is 1. The average Bonchev–Trinajstić information content (AvgIpc) is 3.25. The minimum atomic E-state index is -0.238. The van der Waals surface area contributed by atoms with Gasteiger partial charge in [-0.3, -0.25) is 4.79 Å². The molecule has 0 saturated carbocycles. The van der Waals surface area contributed by atoms with Gasteiger partial charge >= 0.3 is 0 Å². The molecule has 0 fully saturated rings. The third kappa shape index (κ3) is 4.07. The summed E-state index contributed by atoms with van der Waals surface area (Å²) in [6.07, 6.45) is 0. The number of ether oxygens (including phenoxy) is 3. The summed E-state index contributed by atoms with van der Waals surface area (Å²) in [5.41, 5.74) is 3.18. The molecule has 2 heterocycles. The topological polar surface area (TPSA) is 95.7 Å². The Hall–Kier alpha value is -4.07. The molecule has 164 valence electrons. The lowest BCUT2D eigenvalue weighted by molar-refractivity contribution is 0.0951. The number of rotatable bonds is 7. The highest BCUT2D eigenvalue weighted by atomic mass is 16.5. The van der Waals surface area contributed by atoms with Crippen LogP contribution in [-0.2, 0) is 6.54 Å². The van der Waals surface area contributed by atoms with Gasteiger partial charge in [0.25, 0.3) is 5.91 Å². The van der Waals surface area contributed by atoms with Crippen LogP contribution in [0.2, 0.25) is 0 Å². The van der Waals surface area contributed by atoms with Crippen LogP contribution in [0.15, 0.2) is 53.1 Å². The van der Waals surface area contributed by atoms with E-state index in [0.29, 0.717) is 45.5 Å². The number of fused-ring (bicyclic) bond motifs is 1. The standard InChI is InChI=1S/C24H23N3O5/c1-14-9-16(27-32-14)13-25-24(28)18-12-20(26-19-8-6-5-7-17(18)19)15-10-21(29-2)23(31-4)22(11-15)30-3/h5-12H,13H2,1-4H3,(H,25,28). The van der Waals surface area contributed by atoms with Crippen LogP contribution in [0.25, 0.3) is 22.2 Å². The molecule has 32 heavy (non-hydrogen) atoms. The molecular weight excluding hydrogens is 410 g/mol. The van der Waals surface area contributed by atoms with Gasteiger partial charge in [0.05, 0.1) is 44.6 Å². The predicted molar refractivity (Wildman–Crippen MR) is 119 cm³/mol. The van der Waals surface area contributed by atoms with Gasteiger partial charge in [0.2, 0.25) is 5.75 Å². The monoisotopic (exact) mass is 433 g/mol. The second kappa shape index (κ2) is 8.97. The highest BCUT2D eigenvalue weighted by Gasteiger charge is 2.18. The van der Waals surface area contributed by atoms with Crippen molar-refractivity contribution in [3.63, 3.8) is 0 Å². The third-order valence-electron chi connectivity index (χ3n) is 5.03. The Morgan fingerprint density at radius 3 is 2.34 bits per heavy atom. The van der Waals surface area contributed by atoms with E-state index in [1.165, 1.54) is 0 Å². The lowest BCUT2D eigenvalue weighted by Gasteiger charge is -2.15. The highest BCUT2D eigenvalue weighted by molar-refractivity contribution is 6.07. The first-order valence-corrected chi connectivity index (χ1v) is 9.94. The number of carbonyl (C=O) groups excluding carboxylic acids is 1. The van der Waals surface area contributed by atoms with Crippen molar-refractivity contribution in [3.05, 3.63) is 65.5 Å². The molecule has 8 nitrogen and oxygen atoms in total. The Morgan fingerprint density at radius 2 is 1.72 bits per heavy atom. The Bertz CT molecular complexity index is 1260. The summed E-state index contributed by atoms with van der Waals surface area (Å²) in [5.74, 6) is 1.94. The van der Waals surface area contributed by atoms with Crippen LogP contribution in [0.1, 0.15) is 21.8 Å². The van der Waals surface area contributed by atoms with E-state index in [2.05, 4.69) is 10.5 Å². The third-order valence-corrected chi connectivity index (χ3v) is 5.03. The number of benzene rings is 2. The summed E-state index contributed by atoms with van der Waals surface area (Å²) >= 11 is 0. The van der Waals surface area contributed by atoms with Gasteiger partial charge in [0, 0.05) is 17.0 Å². The first kappa shape index (κ1) is 21.2. The highest BCUT2D eigenvalue weighted by Crippen LogP contribution is 2.41. The molecule has 4 rings (SSSR count). The zero-order valence-corrected chi connectivity index (χ0v) is 18.3. The van der Waals surface area contributed by atoms with Crippen molar-refractivity contribution in [2.45, 2.75) is 13.5 Å². The van der Waals surface area contributed by atoms with E-state index in [4.69, 9.17) is 23.7 Å². The largest absolute Gasteiger partial charge is 0.493 e. The molecule has 0 unspecified atom stereocenters. The van der Waals surface area contributed by atoms with E-state index in [1.54, 1.807) is 52.5 Å². The van der Waals surface area contributed by atoms with Crippen molar-refractivity contribution in [3.8, 4) is 28.5 Å². The van der Waals surface area contributed by atoms with E-state index in [9.17, 15) is 4.79 Å². The number of pyridine rings is 1. The number of methoxy groups -OCH3 is 3. The molecule has 2 aromatic heterocycles. The van der Waals surface area contributed by atoms with Crippen LogP contribution < -0.4 is 19.5 Å². The second-order valence-electron chi connectivity index (χ2n) is 7.10. The zero-order chi connectivity index (χ0) is 22.7. The van der Waals surface area contributed by atoms with Crippen molar-refractivity contribution in [1.82, 2.24) is 15.5 Å². The summed E-state index contributed by atoms with van der Waals surface area (Å²) < 4.78 is 21.4. The molecule has 0 bridgehead atoms. The van der Waals surface area contributed by atoms with E-state index in [-0.39, 0.29) is 12.5 Å². The van der Waals surface area contributed by atoms with Gasteiger partial charge in [-0.2, -0.15) is 0 Å². The molecule has 0 radical (unpaired) electrons. The van der Waals surface area contributed by atoms with Gasteiger partial charge in [-0.1, -0.05) is 23.4 Å².